The van der Waals surface area contributed by atoms with Crippen LogP contribution in [0.5, 0.6) is 5.75 Å². The summed E-state index contributed by atoms with van der Waals surface area (Å²) in [5.41, 5.74) is 0. The molecule has 0 unspecified atom stereocenters. The van der Waals surface area contributed by atoms with E-state index in [1.807, 2.05) is 0 Å². The maximum atomic E-state index is 13.1. The average Bonchev–Trinajstić information content (AvgIpc) is 2.23. The van der Waals surface area contributed by atoms with E-state index < -0.39 is 0 Å². The third-order valence-electron chi connectivity index (χ3n) is 1.61. The van der Waals surface area contributed by atoms with Crippen molar-refractivity contribution < 1.29 is 13.9 Å². The molecule has 0 spiro atoms. The molecule has 1 rings (SSSR count). The fraction of sp³-hybridized carbons (Fsp3) is 0.400. The fourth-order valence-corrected chi connectivity index (χ4v) is 1.43. The zero-order chi connectivity index (χ0) is 11.1. The van der Waals surface area contributed by atoms with E-state index >= 15 is 0 Å². The highest BCUT2D eigenvalue weighted by Gasteiger charge is 2.03. The predicted molar refractivity (Wildman–Crippen MR) is 64.3 cm³/mol. The van der Waals surface area contributed by atoms with E-state index in [9.17, 15) is 4.39 Å². The standard InChI is InChI=1S/C10H12BrFO2S/c11-8-1-2-9(12)10(7-8)14-4-3-13-5-6-15/h1-2,7,15H,3-6H2. The van der Waals surface area contributed by atoms with E-state index in [0.29, 0.717) is 25.6 Å². The van der Waals surface area contributed by atoms with Crippen molar-refractivity contribution >= 4 is 28.6 Å². The summed E-state index contributed by atoms with van der Waals surface area (Å²) in [6.45, 7) is 1.35. The van der Waals surface area contributed by atoms with Crippen molar-refractivity contribution in [2.45, 2.75) is 0 Å². The monoisotopic (exact) mass is 294 g/mol. The predicted octanol–water partition coefficient (Wildman–Crippen LogP) is 2.91. The van der Waals surface area contributed by atoms with Crippen molar-refractivity contribution in [2.75, 3.05) is 25.6 Å². The summed E-state index contributed by atoms with van der Waals surface area (Å²) in [6, 6.07) is 4.57. The highest BCUT2D eigenvalue weighted by molar-refractivity contribution is 9.10. The molecule has 0 fully saturated rings. The maximum absolute atomic E-state index is 13.1. The second-order valence-corrected chi connectivity index (χ2v) is 4.12. The summed E-state index contributed by atoms with van der Waals surface area (Å²) < 4.78 is 24.3. The van der Waals surface area contributed by atoms with Gasteiger partial charge in [-0.15, -0.1) is 0 Å². The topological polar surface area (TPSA) is 18.5 Å². The lowest BCUT2D eigenvalue weighted by Crippen LogP contribution is -2.08. The van der Waals surface area contributed by atoms with E-state index in [1.54, 1.807) is 12.1 Å². The molecule has 0 N–H and O–H groups in total. The molecule has 5 heteroatoms. The number of halogens is 2. The molecule has 1 aromatic carbocycles. The highest BCUT2D eigenvalue weighted by atomic mass is 79.9. The first-order valence-electron chi connectivity index (χ1n) is 4.50. The Balaban J connectivity index is 2.33. The number of ether oxygens (including phenoxy) is 2. The van der Waals surface area contributed by atoms with Crippen molar-refractivity contribution in [3.05, 3.63) is 28.5 Å². The minimum absolute atomic E-state index is 0.235. The molecule has 0 saturated heterocycles. The first-order valence-corrected chi connectivity index (χ1v) is 5.93. The molecule has 0 amide bonds. The number of benzene rings is 1. The molecule has 0 aliphatic heterocycles. The van der Waals surface area contributed by atoms with Crippen molar-refractivity contribution in [3.8, 4) is 5.75 Å². The lowest BCUT2D eigenvalue weighted by molar-refractivity contribution is 0.110. The Kier molecular flexibility index (Phi) is 6.05. The summed E-state index contributed by atoms with van der Waals surface area (Å²) >= 11 is 7.23. The first kappa shape index (κ1) is 12.8. The van der Waals surface area contributed by atoms with Crippen molar-refractivity contribution in [1.82, 2.24) is 0 Å². The van der Waals surface area contributed by atoms with Gasteiger partial charge in [0.25, 0.3) is 0 Å². The zero-order valence-corrected chi connectivity index (χ0v) is 10.6. The van der Waals surface area contributed by atoms with E-state index in [-0.39, 0.29) is 11.6 Å². The minimum Gasteiger partial charge on any atom is -0.488 e. The summed E-state index contributed by atoms with van der Waals surface area (Å²) in [4.78, 5) is 0. The van der Waals surface area contributed by atoms with E-state index in [1.165, 1.54) is 6.07 Å². The van der Waals surface area contributed by atoms with Crippen LogP contribution >= 0.6 is 28.6 Å². The second kappa shape index (κ2) is 7.09. The summed E-state index contributed by atoms with van der Waals surface area (Å²) in [5.74, 6) is 0.539. The van der Waals surface area contributed by atoms with Gasteiger partial charge in [0.1, 0.15) is 6.61 Å². The van der Waals surface area contributed by atoms with Crippen LogP contribution in [0.3, 0.4) is 0 Å². The Morgan fingerprint density at radius 2 is 2.07 bits per heavy atom. The lowest BCUT2D eigenvalue weighted by Gasteiger charge is -2.07. The van der Waals surface area contributed by atoms with Gasteiger partial charge in [-0.2, -0.15) is 12.6 Å². The molecule has 0 aliphatic carbocycles. The van der Waals surface area contributed by atoms with Crippen molar-refractivity contribution in [3.63, 3.8) is 0 Å². The van der Waals surface area contributed by atoms with Gasteiger partial charge in [-0.25, -0.2) is 4.39 Å². The van der Waals surface area contributed by atoms with Gasteiger partial charge in [-0.1, -0.05) is 15.9 Å². The Morgan fingerprint density at radius 3 is 2.80 bits per heavy atom. The van der Waals surface area contributed by atoms with Gasteiger partial charge in [0.2, 0.25) is 0 Å². The van der Waals surface area contributed by atoms with Crippen LogP contribution in [0.4, 0.5) is 4.39 Å². The van der Waals surface area contributed by atoms with E-state index in [4.69, 9.17) is 9.47 Å². The third-order valence-corrected chi connectivity index (χ3v) is 2.29. The van der Waals surface area contributed by atoms with Gasteiger partial charge in [0.05, 0.1) is 13.2 Å². The SMILES string of the molecule is Fc1ccc(Br)cc1OCCOCCS. The smallest absolute Gasteiger partial charge is 0.165 e. The van der Waals surface area contributed by atoms with Crippen LogP contribution in [0.2, 0.25) is 0 Å². The van der Waals surface area contributed by atoms with Crippen LogP contribution < -0.4 is 4.74 Å². The van der Waals surface area contributed by atoms with Gasteiger partial charge in [0, 0.05) is 10.2 Å². The molecule has 0 radical (unpaired) electrons. The maximum Gasteiger partial charge on any atom is 0.165 e. The molecule has 84 valence electrons. The molecule has 0 aliphatic rings. The van der Waals surface area contributed by atoms with Crippen LogP contribution in [0.15, 0.2) is 22.7 Å². The van der Waals surface area contributed by atoms with Crippen molar-refractivity contribution in [2.24, 2.45) is 0 Å². The minimum atomic E-state index is -0.368. The quantitative estimate of drug-likeness (QED) is 0.642. The molecule has 0 aromatic heterocycles. The Bertz CT molecular complexity index is 309. The van der Waals surface area contributed by atoms with Crippen LogP contribution in [0.1, 0.15) is 0 Å². The summed E-state index contributed by atoms with van der Waals surface area (Å²) in [7, 11) is 0. The molecule has 15 heavy (non-hydrogen) atoms. The van der Waals surface area contributed by atoms with Gasteiger partial charge in [-0.05, 0) is 18.2 Å². The number of thiol groups is 1. The number of rotatable bonds is 6. The van der Waals surface area contributed by atoms with Gasteiger partial charge in [0.15, 0.2) is 11.6 Å². The van der Waals surface area contributed by atoms with Crippen LogP contribution in [0, 0.1) is 5.82 Å². The molecular formula is C10H12BrFO2S. The van der Waals surface area contributed by atoms with E-state index in [0.717, 1.165) is 4.47 Å². The normalized spacial score (nSPS) is 10.3. The molecular weight excluding hydrogens is 283 g/mol. The fourth-order valence-electron chi connectivity index (χ4n) is 0.965. The number of hydrogen-bond donors (Lipinski definition) is 1. The van der Waals surface area contributed by atoms with Crippen LogP contribution in [0.25, 0.3) is 0 Å². The zero-order valence-electron chi connectivity index (χ0n) is 8.08. The van der Waals surface area contributed by atoms with E-state index in [2.05, 4.69) is 28.6 Å². The highest BCUT2D eigenvalue weighted by Crippen LogP contribution is 2.21. The van der Waals surface area contributed by atoms with Crippen molar-refractivity contribution in [1.29, 1.82) is 0 Å². The summed E-state index contributed by atoms with van der Waals surface area (Å²) in [5, 5.41) is 0. The third kappa shape index (κ3) is 4.86. The van der Waals surface area contributed by atoms with Gasteiger partial charge in [-0.3, -0.25) is 0 Å². The Labute approximate surface area is 102 Å². The van der Waals surface area contributed by atoms with Crippen LogP contribution in [-0.4, -0.2) is 25.6 Å². The second-order valence-electron chi connectivity index (χ2n) is 2.76. The molecule has 0 atom stereocenters. The molecule has 0 bridgehead atoms. The molecule has 2 nitrogen and oxygen atoms in total. The molecule has 0 heterocycles. The molecule has 0 saturated carbocycles. The van der Waals surface area contributed by atoms with Crippen LogP contribution in [-0.2, 0) is 4.74 Å². The Hall–Kier alpha value is -0.260. The lowest BCUT2D eigenvalue weighted by atomic mass is 10.3. The average molecular weight is 295 g/mol. The van der Waals surface area contributed by atoms with Gasteiger partial charge < -0.3 is 9.47 Å². The summed E-state index contributed by atoms with van der Waals surface area (Å²) in [6.07, 6.45) is 0. The van der Waals surface area contributed by atoms with Gasteiger partial charge >= 0.3 is 0 Å². The Morgan fingerprint density at radius 1 is 1.27 bits per heavy atom. The largest absolute Gasteiger partial charge is 0.488 e. The molecule has 1 aromatic rings. The number of hydrogen-bond acceptors (Lipinski definition) is 3. The first-order chi connectivity index (χ1) is 7.24.